The third kappa shape index (κ3) is 7.88. The molecule has 0 radical (unpaired) electrons. The van der Waals surface area contributed by atoms with Crippen molar-refractivity contribution >= 4 is 27.5 Å². The summed E-state index contributed by atoms with van der Waals surface area (Å²) in [6.07, 6.45) is 1.24. The average molecular weight is 526 g/mol. The molecular weight excluding hydrogens is 493 g/mol. The first-order chi connectivity index (χ1) is 17.6. The molecule has 3 rings (SSSR count). The minimum absolute atomic E-state index is 0.106. The van der Waals surface area contributed by atoms with Crippen LogP contribution in [0.1, 0.15) is 23.6 Å². The predicted molar refractivity (Wildman–Crippen MR) is 143 cm³/mol. The van der Waals surface area contributed by atoms with Crippen molar-refractivity contribution in [1.82, 2.24) is 10.2 Å². The fourth-order valence-electron chi connectivity index (χ4n) is 3.96. The maximum Gasteiger partial charge on any atom is 0.244 e. The molecule has 1 atom stereocenters. The number of sulfonamides is 1. The summed E-state index contributed by atoms with van der Waals surface area (Å²) in [5, 5.41) is 2.81. The number of nitrogens with zero attached hydrogens (tertiary/aromatic N) is 2. The van der Waals surface area contributed by atoms with Crippen LogP contribution in [-0.4, -0.2) is 50.5 Å². The Labute approximate surface area is 218 Å². The average Bonchev–Trinajstić information content (AvgIpc) is 2.86. The predicted octanol–water partition coefficient (Wildman–Crippen LogP) is 3.68. The first-order valence-corrected chi connectivity index (χ1v) is 13.8. The van der Waals surface area contributed by atoms with Crippen molar-refractivity contribution in [3.63, 3.8) is 0 Å². The lowest BCUT2D eigenvalue weighted by Gasteiger charge is -2.33. The van der Waals surface area contributed by atoms with E-state index in [1.165, 1.54) is 17.0 Å². The first kappa shape index (κ1) is 27.9. The highest BCUT2D eigenvalue weighted by molar-refractivity contribution is 7.92. The van der Waals surface area contributed by atoms with Crippen LogP contribution in [0.15, 0.2) is 78.9 Å². The molecule has 2 amide bonds. The molecule has 0 saturated heterocycles. The second kappa shape index (κ2) is 12.5. The minimum atomic E-state index is -3.89. The Kier molecular flexibility index (Phi) is 9.41. The van der Waals surface area contributed by atoms with Gasteiger partial charge in [0.25, 0.3) is 0 Å². The number of amides is 2. The molecule has 0 aliphatic carbocycles. The van der Waals surface area contributed by atoms with Crippen molar-refractivity contribution in [3.05, 3.63) is 101 Å². The summed E-state index contributed by atoms with van der Waals surface area (Å²) < 4.78 is 39.7. The number of benzene rings is 3. The quantitative estimate of drug-likeness (QED) is 0.414. The zero-order valence-corrected chi connectivity index (χ0v) is 22.0. The Morgan fingerprint density at radius 3 is 2.11 bits per heavy atom. The Balaban J connectivity index is 2.02. The number of carbonyl (C=O) groups is 2. The van der Waals surface area contributed by atoms with Crippen LogP contribution >= 0.6 is 0 Å². The monoisotopic (exact) mass is 525 g/mol. The lowest BCUT2D eigenvalue weighted by atomic mass is 10.0. The van der Waals surface area contributed by atoms with Gasteiger partial charge in [0.2, 0.25) is 21.8 Å². The number of halogens is 1. The second-order valence-corrected chi connectivity index (χ2v) is 10.8. The number of aryl methyl sites for hydroxylation is 1. The standard InChI is InChI=1S/C28H32FN3O4S/c1-4-30-28(34)26(18-22-8-6-5-7-9-22)31(19-23-12-10-21(2)11-13-23)27(33)20-32(37(3,35)36)25-16-14-24(29)15-17-25/h5-17,26H,4,18-20H2,1-3H3,(H,30,34). The van der Waals surface area contributed by atoms with Gasteiger partial charge < -0.3 is 10.2 Å². The van der Waals surface area contributed by atoms with E-state index in [-0.39, 0.29) is 24.6 Å². The molecule has 37 heavy (non-hydrogen) atoms. The lowest BCUT2D eigenvalue weighted by Crippen LogP contribution is -2.53. The molecule has 0 saturated carbocycles. The van der Waals surface area contributed by atoms with E-state index in [2.05, 4.69) is 5.32 Å². The van der Waals surface area contributed by atoms with Crippen LogP contribution in [0.3, 0.4) is 0 Å². The summed E-state index contributed by atoms with van der Waals surface area (Å²) in [5.41, 5.74) is 2.86. The maximum atomic E-state index is 13.8. The Morgan fingerprint density at radius 1 is 0.919 bits per heavy atom. The molecular formula is C28H32FN3O4S. The highest BCUT2D eigenvalue weighted by Crippen LogP contribution is 2.21. The Morgan fingerprint density at radius 2 is 1.54 bits per heavy atom. The molecule has 3 aromatic carbocycles. The van der Waals surface area contributed by atoms with Crippen molar-refractivity contribution in [2.24, 2.45) is 0 Å². The van der Waals surface area contributed by atoms with Gasteiger partial charge in [0.1, 0.15) is 18.4 Å². The molecule has 9 heteroatoms. The number of rotatable bonds is 11. The molecule has 1 N–H and O–H groups in total. The largest absolute Gasteiger partial charge is 0.355 e. The van der Waals surface area contributed by atoms with Gasteiger partial charge in [0, 0.05) is 19.5 Å². The van der Waals surface area contributed by atoms with Gasteiger partial charge in [-0.05, 0) is 49.2 Å². The van der Waals surface area contributed by atoms with Gasteiger partial charge in [-0.25, -0.2) is 12.8 Å². The number of likely N-dealkylation sites (N-methyl/N-ethyl adjacent to an activating group) is 1. The van der Waals surface area contributed by atoms with Gasteiger partial charge in [0.15, 0.2) is 0 Å². The Bertz CT molecular complexity index is 1300. The zero-order chi connectivity index (χ0) is 27.0. The molecule has 0 aliphatic rings. The van der Waals surface area contributed by atoms with E-state index in [0.29, 0.717) is 6.54 Å². The number of hydrogen-bond acceptors (Lipinski definition) is 4. The highest BCUT2D eigenvalue weighted by Gasteiger charge is 2.32. The van der Waals surface area contributed by atoms with Crippen molar-refractivity contribution in [1.29, 1.82) is 0 Å². The summed E-state index contributed by atoms with van der Waals surface area (Å²) in [5.74, 6) is -1.41. The van der Waals surface area contributed by atoms with E-state index in [4.69, 9.17) is 0 Å². The fraction of sp³-hybridized carbons (Fsp3) is 0.286. The van der Waals surface area contributed by atoms with Gasteiger partial charge in [-0.2, -0.15) is 0 Å². The van der Waals surface area contributed by atoms with Crippen LogP contribution in [-0.2, 0) is 32.6 Å². The van der Waals surface area contributed by atoms with Crippen LogP contribution in [0.25, 0.3) is 0 Å². The van der Waals surface area contributed by atoms with Crippen LogP contribution in [0.5, 0.6) is 0 Å². The topological polar surface area (TPSA) is 86.8 Å². The molecule has 0 aliphatic heterocycles. The number of anilines is 1. The van der Waals surface area contributed by atoms with E-state index < -0.39 is 34.3 Å². The maximum absolute atomic E-state index is 13.8. The van der Waals surface area contributed by atoms with Crippen LogP contribution < -0.4 is 9.62 Å². The van der Waals surface area contributed by atoms with Crippen molar-refractivity contribution in [2.75, 3.05) is 23.7 Å². The van der Waals surface area contributed by atoms with Crippen LogP contribution in [0, 0.1) is 12.7 Å². The molecule has 1 unspecified atom stereocenters. The zero-order valence-electron chi connectivity index (χ0n) is 21.2. The normalized spacial score (nSPS) is 12.0. The van der Waals surface area contributed by atoms with Crippen molar-refractivity contribution < 1.29 is 22.4 Å². The van der Waals surface area contributed by atoms with E-state index in [1.54, 1.807) is 6.92 Å². The second-order valence-electron chi connectivity index (χ2n) is 8.85. The summed E-state index contributed by atoms with van der Waals surface area (Å²) >= 11 is 0. The van der Waals surface area contributed by atoms with E-state index in [9.17, 15) is 22.4 Å². The molecule has 0 spiro atoms. The summed E-state index contributed by atoms with van der Waals surface area (Å²) in [6.45, 7) is 3.69. The smallest absolute Gasteiger partial charge is 0.244 e. The van der Waals surface area contributed by atoms with Gasteiger partial charge in [0.05, 0.1) is 11.9 Å². The summed E-state index contributed by atoms with van der Waals surface area (Å²) in [4.78, 5) is 28.5. The molecule has 0 bridgehead atoms. The number of hydrogen-bond donors (Lipinski definition) is 1. The Hall–Kier alpha value is -3.72. The summed E-state index contributed by atoms with van der Waals surface area (Å²) in [7, 11) is -3.89. The molecule has 196 valence electrons. The third-order valence-corrected chi connectivity index (χ3v) is 7.03. The van der Waals surface area contributed by atoms with Gasteiger partial charge in [-0.3, -0.25) is 13.9 Å². The van der Waals surface area contributed by atoms with E-state index in [0.717, 1.165) is 39.4 Å². The molecule has 3 aromatic rings. The lowest BCUT2D eigenvalue weighted by molar-refractivity contribution is -0.140. The summed E-state index contributed by atoms with van der Waals surface area (Å²) in [6, 6.07) is 20.9. The number of carbonyl (C=O) groups excluding carboxylic acids is 2. The fourth-order valence-corrected chi connectivity index (χ4v) is 4.81. The van der Waals surface area contributed by atoms with Gasteiger partial charge in [-0.1, -0.05) is 60.2 Å². The molecule has 7 nitrogen and oxygen atoms in total. The van der Waals surface area contributed by atoms with Gasteiger partial charge in [-0.15, -0.1) is 0 Å². The SMILES string of the molecule is CCNC(=O)C(Cc1ccccc1)N(Cc1ccc(C)cc1)C(=O)CN(c1ccc(F)cc1)S(C)(=O)=O. The first-order valence-electron chi connectivity index (χ1n) is 12.0. The number of nitrogens with one attached hydrogen (secondary N) is 1. The molecule has 0 fully saturated rings. The highest BCUT2D eigenvalue weighted by atomic mass is 32.2. The third-order valence-electron chi connectivity index (χ3n) is 5.89. The van der Waals surface area contributed by atoms with Crippen molar-refractivity contribution in [3.8, 4) is 0 Å². The molecule has 0 aromatic heterocycles. The van der Waals surface area contributed by atoms with Crippen molar-refractivity contribution in [2.45, 2.75) is 32.9 Å². The molecule has 0 heterocycles. The van der Waals surface area contributed by atoms with E-state index in [1.807, 2.05) is 61.5 Å². The van der Waals surface area contributed by atoms with Crippen LogP contribution in [0.4, 0.5) is 10.1 Å². The van der Waals surface area contributed by atoms with Crippen LogP contribution in [0.2, 0.25) is 0 Å². The van der Waals surface area contributed by atoms with E-state index >= 15 is 0 Å². The minimum Gasteiger partial charge on any atom is -0.355 e. The van der Waals surface area contributed by atoms with Gasteiger partial charge >= 0.3 is 0 Å².